The second-order valence-corrected chi connectivity index (χ2v) is 5.17. The lowest BCUT2D eigenvalue weighted by atomic mass is 10.1. The van der Waals surface area contributed by atoms with Crippen molar-refractivity contribution in [3.05, 3.63) is 47.8 Å². The second kappa shape index (κ2) is 4.92. The summed E-state index contributed by atoms with van der Waals surface area (Å²) in [4.78, 5) is 17.0. The monoisotopic (exact) mass is 254 g/mol. The molecular weight excluding hydrogens is 236 g/mol. The van der Waals surface area contributed by atoms with Crippen LogP contribution in [0.5, 0.6) is 0 Å². The molecule has 0 saturated heterocycles. The van der Waals surface area contributed by atoms with Crippen molar-refractivity contribution in [2.45, 2.75) is 26.2 Å². The first-order chi connectivity index (χ1) is 9.24. The number of H-pyrrole nitrogens is 1. The van der Waals surface area contributed by atoms with Gasteiger partial charge in [-0.2, -0.15) is 0 Å². The molecule has 3 rings (SSSR count). The van der Waals surface area contributed by atoms with Crippen molar-refractivity contribution >= 4 is 16.8 Å². The predicted octanol–water partition coefficient (Wildman–Crippen LogP) is 3.24. The van der Waals surface area contributed by atoms with Crippen LogP contribution < -0.4 is 0 Å². The molecule has 1 aromatic carbocycles. The van der Waals surface area contributed by atoms with E-state index in [9.17, 15) is 4.79 Å². The quantitative estimate of drug-likeness (QED) is 0.896. The van der Waals surface area contributed by atoms with Crippen LogP contribution in [0.1, 0.15) is 25.3 Å². The maximum Gasteiger partial charge on any atom is 0.226 e. The van der Waals surface area contributed by atoms with E-state index in [1.807, 2.05) is 17.2 Å². The zero-order valence-corrected chi connectivity index (χ0v) is 11.1. The summed E-state index contributed by atoms with van der Waals surface area (Å²) in [6.45, 7) is 2.85. The molecule has 3 nitrogen and oxygen atoms in total. The molecule has 1 aliphatic rings. The van der Waals surface area contributed by atoms with Gasteiger partial charge < -0.3 is 9.88 Å². The first-order valence-electron chi connectivity index (χ1n) is 6.76. The summed E-state index contributed by atoms with van der Waals surface area (Å²) in [7, 11) is 0. The molecular formula is C16H18N2O. The standard InChI is InChI=1S/C16H18N2O/c1-12-6-7-16(19)18(11-12)9-8-13-10-17-15-5-3-2-4-14(13)15/h2-5,10-11,17H,6-9H2,1H3. The maximum absolute atomic E-state index is 11.8. The van der Waals surface area contributed by atoms with Crippen molar-refractivity contribution in [2.75, 3.05) is 6.54 Å². The fourth-order valence-corrected chi connectivity index (χ4v) is 2.62. The molecule has 0 fully saturated rings. The number of carbonyl (C=O) groups excluding carboxylic acids is 1. The minimum atomic E-state index is 0.241. The first-order valence-corrected chi connectivity index (χ1v) is 6.76. The van der Waals surface area contributed by atoms with Crippen LogP contribution in [0.3, 0.4) is 0 Å². The van der Waals surface area contributed by atoms with Gasteiger partial charge in [0.15, 0.2) is 0 Å². The van der Waals surface area contributed by atoms with Gasteiger partial charge >= 0.3 is 0 Å². The molecule has 0 radical (unpaired) electrons. The average Bonchev–Trinajstić information content (AvgIpc) is 2.83. The van der Waals surface area contributed by atoms with Crippen LogP contribution in [0.2, 0.25) is 0 Å². The highest BCUT2D eigenvalue weighted by Crippen LogP contribution is 2.20. The molecule has 0 spiro atoms. The number of allylic oxidation sites excluding steroid dienone is 1. The predicted molar refractivity (Wildman–Crippen MR) is 76.7 cm³/mol. The Labute approximate surface area is 112 Å². The second-order valence-electron chi connectivity index (χ2n) is 5.17. The van der Waals surface area contributed by atoms with Gasteiger partial charge in [-0.15, -0.1) is 0 Å². The zero-order chi connectivity index (χ0) is 13.2. The summed E-state index contributed by atoms with van der Waals surface area (Å²) >= 11 is 0. The normalized spacial score (nSPS) is 15.9. The van der Waals surface area contributed by atoms with Crippen molar-refractivity contribution < 1.29 is 4.79 Å². The molecule has 1 amide bonds. The number of amides is 1. The van der Waals surface area contributed by atoms with Gasteiger partial charge in [-0.25, -0.2) is 0 Å². The zero-order valence-electron chi connectivity index (χ0n) is 11.1. The number of aromatic nitrogens is 1. The van der Waals surface area contributed by atoms with Gasteiger partial charge in [0.2, 0.25) is 5.91 Å². The summed E-state index contributed by atoms with van der Waals surface area (Å²) in [5, 5.41) is 1.26. The third-order valence-electron chi connectivity index (χ3n) is 3.73. The number of para-hydroxylation sites is 1. The highest BCUT2D eigenvalue weighted by molar-refractivity contribution is 5.83. The Kier molecular flexibility index (Phi) is 3.11. The lowest BCUT2D eigenvalue weighted by Crippen LogP contribution is -2.30. The van der Waals surface area contributed by atoms with E-state index in [1.54, 1.807) is 0 Å². The highest BCUT2D eigenvalue weighted by atomic mass is 16.2. The van der Waals surface area contributed by atoms with E-state index < -0.39 is 0 Å². The largest absolute Gasteiger partial charge is 0.361 e. The molecule has 1 aliphatic heterocycles. The van der Waals surface area contributed by atoms with Gasteiger partial charge in [0, 0.05) is 36.3 Å². The van der Waals surface area contributed by atoms with Crippen LogP contribution in [0.15, 0.2) is 42.2 Å². The topological polar surface area (TPSA) is 36.1 Å². The van der Waals surface area contributed by atoms with Gasteiger partial charge in [-0.3, -0.25) is 4.79 Å². The lowest BCUT2D eigenvalue weighted by Gasteiger charge is -2.23. The number of fused-ring (bicyclic) bond motifs is 1. The van der Waals surface area contributed by atoms with Crippen LogP contribution in [0.4, 0.5) is 0 Å². The van der Waals surface area contributed by atoms with Gasteiger partial charge in [-0.1, -0.05) is 23.8 Å². The Morgan fingerprint density at radius 3 is 3.00 bits per heavy atom. The third kappa shape index (κ3) is 2.41. The Balaban J connectivity index is 1.75. The number of hydrogen-bond acceptors (Lipinski definition) is 1. The molecule has 0 saturated carbocycles. The van der Waals surface area contributed by atoms with Crippen molar-refractivity contribution in [3.63, 3.8) is 0 Å². The molecule has 2 heterocycles. The molecule has 1 aromatic heterocycles. The summed E-state index contributed by atoms with van der Waals surface area (Å²) in [5.41, 5.74) is 3.73. The van der Waals surface area contributed by atoms with E-state index in [4.69, 9.17) is 0 Å². The Bertz CT molecular complexity index is 639. The average molecular weight is 254 g/mol. The van der Waals surface area contributed by atoms with E-state index >= 15 is 0 Å². The molecule has 98 valence electrons. The van der Waals surface area contributed by atoms with E-state index in [-0.39, 0.29) is 5.91 Å². The van der Waals surface area contributed by atoms with E-state index in [1.165, 1.54) is 16.5 Å². The molecule has 1 N–H and O–H groups in total. The lowest BCUT2D eigenvalue weighted by molar-refractivity contribution is -0.129. The number of carbonyl (C=O) groups is 1. The van der Waals surface area contributed by atoms with Gasteiger partial charge in [0.05, 0.1) is 0 Å². The minimum Gasteiger partial charge on any atom is -0.361 e. The summed E-state index contributed by atoms with van der Waals surface area (Å²) in [6, 6.07) is 8.29. The molecule has 19 heavy (non-hydrogen) atoms. The summed E-state index contributed by atoms with van der Waals surface area (Å²) in [5.74, 6) is 0.241. The third-order valence-corrected chi connectivity index (χ3v) is 3.73. The molecule has 3 heteroatoms. The maximum atomic E-state index is 11.8. The van der Waals surface area contributed by atoms with Crippen LogP contribution in [0.25, 0.3) is 10.9 Å². The Hall–Kier alpha value is -2.03. The smallest absolute Gasteiger partial charge is 0.226 e. The Morgan fingerprint density at radius 2 is 2.11 bits per heavy atom. The van der Waals surface area contributed by atoms with Crippen molar-refractivity contribution in [3.8, 4) is 0 Å². The number of hydrogen-bond donors (Lipinski definition) is 1. The fraction of sp³-hybridized carbons (Fsp3) is 0.312. The van der Waals surface area contributed by atoms with Crippen LogP contribution >= 0.6 is 0 Å². The first kappa shape index (κ1) is 12.0. The van der Waals surface area contributed by atoms with Crippen LogP contribution in [-0.2, 0) is 11.2 Å². The van der Waals surface area contributed by atoms with E-state index in [0.29, 0.717) is 6.42 Å². The van der Waals surface area contributed by atoms with Gasteiger partial charge in [0.1, 0.15) is 0 Å². The Morgan fingerprint density at radius 1 is 1.26 bits per heavy atom. The molecule has 0 aliphatic carbocycles. The number of nitrogens with zero attached hydrogens (tertiary/aromatic N) is 1. The van der Waals surface area contributed by atoms with E-state index in [0.717, 1.165) is 24.9 Å². The van der Waals surface area contributed by atoms with Gasteiger partial charge in [0.25, 0.3) is 0 Å². The summed E-state index contributed by atoms with van der Waals surface area (Å²) < 4.78 is 0. The highest BCUT2D eigenvalue weighted by Gasteiger charge is 2.16. The fourth-order valence-electron chi connectivity index (χ4n) is 2.62. The van der Waals surface area contributed by atoms with Crippen molar-refractivity contribution in [2.24, 2.45) is 0 Å². The number of nitrogens with one attached hydrogen (secondary N) is 1. The molecule has 0 unspecified atom stereocenters. The number of benzene rings is 1. The van der Waals surface area contributed by atoms with Crippen LogP contribution in [-0.4, -0.2) is 22.3 Å². The molecule has 0 bridgehead atoms. The number of rotatable bonds is 3. The number of aromatic amines is 1. The van der Waals surface area contributed by atoms with E-state index in [2.05, 4.69) is 36.3 Å². The SMILES string of the molecule is CC1=CN(CCc2c[nH]c3ccccc23)C(=O)CC1. The van der Waals surface area contributed by atoms with Crippen molar-refractivity contribution in [1.82, 2.24) is 9.88 Å². The van der Waals surface area contributed by atoms with Gasteiger partial charge in [-0.05, 0) is 31.4 Å². The minimum absolute atomic E-state index is 0.241. The molecule has 2 aromatic rings. The van der Waals surface area contributed by atoms with Crippen molar-refractivity contribution in [1.29, 1.82) is 0 Å². The molecule has 0 atom stereocenters. The summed E-state index contributed by atoms with van der Waals surface area (Å²) in [6.07, 6.45) is 6.49. The van der Waals surface area contributed by atoms with Crippen LogP contribution in [0, 0.1) is 0 Å².